The fourth-order valence-corrected chi connectivity index (χ4v) is 4.15. The van der Waals surface area contributed by atoms with Gasteiger partial charge in [0.15, 0.2) is 11.5 Å². The van der Waals surface area contributed by atoms with Crippen LogP contribution in [0.1, 0.15) is 23.6 Å². The van der Waals surface area contributed by atoms with Gasteiger partial charge in [-0.25, -0.2) is 0 Å². The van der Waals surface area contributed by atoms with Gasteiger partial charge in [0.25, 0.3) is 11.7 Å². The number of Topliss-reactive ketones (excluding diaryl/α,β-unsaturated/α-hetero) is 1. The number of carbonyl (C=O) groups excluding carboxylic acids is 2. The van der Waals surface area contributed by atoms with E-state index in [9.17, 15) is 14.7 Å². The Balaban J connectivity index is 1.77. The van der Waals surface area contributed by atoms with Crippen molar-refractivity contribution in [3.8, 4) is 17.2 Å². The Morgan fingerprint density at radius 2 is 1.79 bits per heavy atom. The van der Waals surface area contributed by atoms with Crippen molar-refractivity contribution in [1.82, 2.24) is 9.80 Å². The molecule has 1 saturated heterocycles. The Kier molecular flexibility index (Phi) is 6.55. The number of carbonyl (C=O) groups is 2. The number of hydrogen-bond acceptors (Lipinski definition) is 7. The molecular weight excluding hydrogens is 424 g/mol. The molecule has 33 heavy (non-hydrogen) atoms. The standard InChI is InChI=1S/C25H28N2O6/c1-26(2)11-4-12-27-22(16-5-8-18(31-3)9-6-16)21(24(29)25(27)30)23(28)17-7-10-19-20(15-17)33-14-13-32-19/h5-10,15,22,28H,4,11-14H2,1-3H3. The largest absolute Gasteiger partial charge is 0.507 e. The number of fused-ring (bicyclic) bond motifs is 1. The second-order valence-electron chi connectivity index (χ2n) is 8.28. The molecule has 1 atom stereocenters. The lowest BCUT2D eigenvalue weighted by Crippen LogP contribution is -2.32. The highest BCUT2D eigenvalue weighted by molar-refractivity contribution is 6.46. The average molecular weight is 453 g/mol. The van der Waals surface area contributed by atoms with Crippen LogP contribution in [0.5, 0.6) is 17.2 Å². The van der Waals surface area contributed by atoms with E-state index in [1.807, 2.05) is 31.1 Å². The summed E-state index contributed by atoms with van der Waals surface area (Å²) >= 11 is 0. The van der Waals surface area contributed by atoms with E-state index in [-0.39, 0.29) is 11.3 Å². The molecule has 2 aromatic rings. The van der Waals surface area contributed by atoms with Crippen LogP contribution in [0.4, 0.5) is 0 Å². The van der Waals surface area contributed by atoms with Gasteiger partial charge in [0.1, 0.15) is 24.7 Å². The number of ketones is 1. The second kappa shape index (κ2) is 9.54. The highest BCUT2D eigenvalue weighted by atomic mass is 16.6. The Labute approximate surface area is 193 Å². The number of ether oxygens (including phenoxy) is 3. The summed E-state index contributed by atoms with van der Waals surface area (Å²) in [5.41, 5.74) is 1.18. The molecule has 2 aliphatic rings. The smallest absolute Gasteiger partial charge is 0.295 e. The van der Waals surface area contributed by atoms with Gasteiger partial charge in [-0.15, -0.1) is 0 Å². The van der Waals surface area contributed by atoms with Gasteiger partial charge >= 0.3 is 0 Å². The van der Waals surface area contributed by atoms with Gasteiger partial charge < -0.3 is 29.1 Å². The molecule has 1 fully saturated rings. The van der Waals surface area contributed by atoms with E-state index in [0.29, 0.717) is 49.0 Å². The molecule has 0 aliphatic carbocycles. The monoisotopic (exact) mass is 452 g/mol. The number of amides is 1. The summed E-state index contributed by atoms with van der Waals surface area (Å²) in [4.78, 5) is 29.7. The Morgan fingerprint density at radius 1 is 1.09 bits per heavy atom. The third kappa shape index (κ3) is 4.52. The molecule has 8 nitrogen and oxygen atoms in total. The van der Waals surface area contributed by atoms with Crippen LogP contribution in [0.15, 0.2) is 48.0 Å². The lowest BCUT2D eigenvalue weighted by molar-refractivity contribution is -0.139. The number of benzene rings is 2. The molecule has 2 aliphatic heterocycles. The molecule has 0 saturated carbocycles. The minimum atomic E-state index is -0.703. The number of rotatable bonds is 7. The van der Waals surface area contributed by atoms with Crippen LogP contribution in [-0.4, -0.2) is 74.1 Å². The highest BCUT2D eigenvalue weighted by Crippen LogP contribution is 2.41. The maximum atomic E-state index is 13.1. The van der Waals surface area contributed by atoms with Crippen molar-refractivity contribution in [2.45, 2.75) is 12.5 Å². The molecule has 1 unspecified atom stereocenters. The first kappa shape index (κ1) is 22.7. The Hall–Kier alpha value is -3.52. The Bertz CT molecular complexity index is 1080. The summed E-state index contributed by atoms with van der Waals surface area (Å²) in [7, 11) is 5.48. The van der Waals surface area contributed by atoms with Crippen molar-refractivity contribution in [2.75, 3.05) is 47.5 Å². The number of methoxy groups -OCH3 is 1. The maximum Gasteiger partial charge on any atom is 0.295 e. The molecule has 1 N–H and O–H groups in total. The first-order valence-corrected chi connectivity index (χ1v) is 10.9. The fraction of sp³-hybridized carbons (Fsp3) is 0.360. The van der Waals surface area contributed by atoms with E-state index >= 15 is 0 Å². The van der Waals surface area contributed by atoms with Crippen LogP contribution in [0.2, 0.25) is 0 Å². The zero-order chi connectivity index (χ0) is 23.5. The van der Waals surface area contributed by atoms with E-state index in [1.165, 1.54) is 4.90 Å². The second-order valence-corrected chi connectivity index (χ2v) is 8.28. The van der Waals surface area contributed by atoms with E-state index in [4.69, 9.17) is 14.2 Å². The van der Waals surface area contributed by atoms with Crippen LogP contribution < -0.4 is 14.2 Å². The lowest BCUT2D eigenvalue weighted by atomic mass is 9.95. The molecule has 2 aromatic carbocycles. The van der Waals surface area contributed by atoms with Gasteiger partial charge in [-0.3, -0.25) is 9.59 Å². The molecule has 2 heterocycles. The van der Waals surface area contributed by atoms with Crippen molar-refractivity contribution in [1.29, 1.82) is 0 Å². The molecule has 174 valence electrons. The van der Waals surface area contributed by atoms with Crippen molar-refractivity contribution < 1.29 is 28.9 Å². The molecule has 0 spiro atoms. The molecule has 0 aromatic heterocycles. The normalized spacial score (nSPS) is 19.3. The highest BCUT2D eigenvalue weighted by Gasteiger charge is 2.45. The Morgan fingerprint density at radius 3 is 2.45 bits per heavy atom. The van der Waals surface area contributed by atoms with Gasteiger partial charge in [-0.05, 0) is 63.0 Å². The van der Waals surface area contributed by atoms with Crippen molar-refractivity contribution in [2.24, 2.45) is 0 Å². The van der Waals surface area contributed by atoms with Gasteiger partial charge in [-0.2, -0.15) is 0 Å². The molecule has 0 bridgehead atoms. The number of likely N-dealkylation sites (tertiary alicyclic amines) is 1. The molecule has 1 amide bonds. The third-order valence-electron chi connectivity index (χ3n) is 5.79. The van der Waals surface area contributed by atoms with Crippen LogP contribution in [-0.2, 0) is 9.59 Å². The number of aliphatic hydroxyl groups is 1. The zero-order valence-electron chi connectivity index (χ0n) is 19.0. The zero-order valence-corrected chi connectivity index (χ0v) is 19.0. The molecule has 0 radical (unpaired) electrons. The minimum Gasteiger partial charge on any atom is -0.507 e. The summed E-state index contributed by atoms with van der Waals surface area (Å²) in [6, 6.07) is 11.5. The topological polar surface area (TPSA) is 88.5 Å². The van der Waals surface area contributed by atoms with Gasteiger partial charge in [0, 0.05) is 12.1 Å². The predicted octanol–water partition coefficient (Wildman–Crippen LogP) is 2.84. The van der Waals surface area contributed by atoms with Gasteiger partial charge in [0.05, 0.1) is 18.7 Å². The first-order valence-electron chi connectivity index (χ1n) is 10.9. The molecular formula is C25H28N2O6. The van der Waals surface area contributed by atoms with Crippen LogP contribution >= 0.6 is 0 Å². The van der Waals surface area contributed by atoms with Crippen LogP contribution in [0.3, 0.4) is 0 Å². The SMILES string of the molecule is COc1ccc(C2C(=C(O)c3ccc4c(c3)OCCO4)C(=O)C(=O)N2CCCN(C)C)cc1. The van der Waals surface area contributed by atoms with E-state index in [1.54, 1.807) is 37.4 Å². The minimum absolute atomic E-state index is 0.0618. The number of hydrogen-bond donors (Lipinski definition) is 1. The van der Waals surface area contributed by atoms with Crippen molar-refractivity contribution in [3.05, 3.63) is 59.2 Å². The fourth-order valence-electron chi connectivity index (χ4n) is 4.15. The summed E-state index contributed by atoms with van der Waals surface area (Å²) in [6.45, 7) is 2.01. The summed E-state index contributed by atoms with van der Waals surface area (Å²) < 4.78 is 16.4. The lowest BCUT2D eigenvalue weighted by Gasteiger charge is -2.26. The third-order valence-corrected chi connectivity index (χ3v) is 5.79. The summed E-state index contributed by atoms with van der Waals surface area (Å²) in [5, 5.41) is 11.2. The predicted molar refractivity (Wildman–Crippen MR) is 123 cm³/mol. The van der Waals surface area contributed by atoms with E-state index < -0.39 is 17.7 Å². The maximum absolute atomic E-state index is 13.1. The first-order chi connectivity index (χ1) is 15.9. The average Bonchev–Trinajstić information content (AvgIpc) is 3.08. The van der Waals surface area contributed by atoms with Crippen LogP contribution in [0, 0.1) is 0 Å². The van der Waals surface area contributed by atoms with Gasteiger partial charge in [-0.1, -0.05) is 12.1 Å². The van der Waals surface area contributed by atoms with E-state index in [0.717, 1.165) is 12.1 Å². The van der Waals surface area contributed by atoms with E-state index in [2.05, 4.69) is 0 Å². The number of aliphatic hydroxyl groups excluding tert-OH is 1. The number of nitrogens with zero attached hydrogens (tertiary/aromatic N) is 2. The van der Waals surface area contributed by atoms with Crippen molar-refractivity contribution in [3.63, 3.8) is 0 Å². The summed E-state index contributed by atoms with van der Waals surface area (Å²) in [6.07, 6.45) is 0.691. The molecule has 4 rings (SSSR count). The van der Waals surface area contributed by atoms with Gasteiger partial charge in [0.2, 0.25) is 0 Å². The van der Waals surface area contributed by atoms with Crippen LogP contribution in [0.25, 0.3) is 5.76 Å². The van der Waals surface area contributed by atoms with Crippen molar-refractivity contribution >= 4 is 17.4 Å². The summed E-state index contributed by atoms with van der Waals surface area (Å²) in [5.74, 6) is 0.179. The molecule has 8 heteroatoms. The quantitative estimate of drug-likeness (QED) is 0.393.